The van der Waals surface area contributed by atoms with Crippen LogP contribution in [0.1, 0.15) is 27.5 Å². The Morgan fingerprint density at radius 3 is 1.96 bits per heavy atom. The predicted molar refractivity (Wildman–Crippen MR) is 106 cm³/mol. The third kappa shape index (κ3) is 2.94. The molecule has 136 valence electrons. The molecule has 0 bridgehead atoms. The molecule has 2 atom stereocenters. The zero-order valence-electron chi connectivity index (χ0n) is 14.8. The molecule has 0 amide bonds. The topological polar surface area (TPSA) is 54.5 Å². The summed E-state index contributed by atoms with van der Waals surface area (Å²) >= 11 is 0. The largest absolute Gasteiger partial charge is 0.293 e. The molecule has 1 aliphatic rings. The highest BCUT2D eigenvalue weighted by Gasteiger charge is 2.58. The van der Waals surface area contributed by atoms with E-state index in [1.54, 1.807) is 42.5 Å². The molecule has 4 nitrogen and oxygen atoms in total. The van der Waals surface area contributed by atoms with Crippen LogP contribution in [-0.2, 0) is 10.0 Å². The molecule has 3 aromatic carbocycles. The monoisotopic (exact) mass is 377 g/mol. The van der Waals surface area contributed by atoms with Gasteiger partial charge in [0.2, 0.25) is 10.0 Å². The highest BCUT2D eigenvalue weighted by atomic mass is 32.2. The lowest BCUT2D eigenvalue weighted by Crippen LogP contribution is -2.61. The van der Waals surface area contributed by atoms with Crippen LogP contribution in [0, 0.1) is 6.92 Å². The summed E-state index contributed by atoms with van der Waals surface area (Å²) in [6.07, 6.45) is 0. The van der Waals surface area contributed by atoms with Crippen LogP contribution in [0.15, 0.2) is 84.9 Å². The molecule has 0 aliphatic carbocycles. The van der Waals surface area contributed by atoms with Gasteiger partial charge in [-0.15, -0.1) is 0 Å². The summed E-state index contributed by atoms with van der Waals surface area (Å²) in [6.45, 7) is 1.95. The standard InChI is InChI=1S/C22H19NO3S/c1-16-12-14-19(15-13-16)23-20(17-8-4-2-5-9-17)22(27(23,25)26)21(24)18-10-6-3-7-11-18/h2-15,20,22H,1H3/t20-,22+/m1/s1. The van der Waals surface area contributed by atoms with Crippen molar-refractivity contribution >= 4 is 21.5 Å². The zero-order valence-corrected chi connectivity index (χ0v) is 15.6. The third-order valence-electron chi connectivity index (χ3n) is 4.88. The number of benzene rings is 3. The summed E-state index contributed by atoms with van der Waals surface area (Å²) in [5.41, 5.74) is 2.84. The number of carbonyl (C=O) groups is 1. The number of sulfonamides is 1. The summed E-state index contributed by atoms with van der Waals surface area (Å²) in [5.74, 6) is -0.368. The Hall–Kier alpha value is -2.92. The van der Waals surface area contributed by atoms with Crippen molar-refractivity contribution in [1.29, 1.82) is 0 Å². The molecule has 27 heavy (non-hydrogen) atoms. The summed E-state index contributed by atoms with van der Waals surface area (Å²) in [6, 6.07) is 24.7. The number of anilines is 1. The number of hydrogen-bond acceptors (Lipinski definition) is 3. The van der Waals surface area contributed by atoms with Crippen molar-refractivity contribution < 1.29 is 13.2 Å². The SMILES string of the molecule is Cc1ccc(N2[C@H](c3ccccc3)[C@@H](C(=O)c3ccccc3)S2(=O)=O)cc1. The Balaban J connectivity index is 1.81. The van der Waals surface area contributed by atoms with Crippen LogP contribution in [0.4, 0.5) is 5.69 Å². The quantitative estimate of drug-likeness (QED) is 0.642. The van der Waals surface area contributed by atoms with Gasteiger partial charge in [0.1, 0.15) is 0 Å². The van der Waals surface area contributed by atoms with E-state index in [4.69, 9.17) is 0 Å². The van der Waals surface area contributed by atoms with Gasteiger partial charge < -0.3 is 0 Å². The van der Waals surface area contributed by atoms with E-state index in [2.05, 4.69) is 0 Å². The second kappa shape index (κ2) is 6.67. The van der Waals surface area contributed by atoms with Gasteiger partial charge >= 0.3 is 0 Å². The first-order chi connectivity index (χ1) is 13.0. The van der Waals surface area contributed by atoms with Crippen LogP contribution < -0.4 is 4.31 Å². The molecule has 0 aromatic heterocycles. The van der Waals surface area contributed by atoms with Crippen LogP contribution >= 0.6 is 0 Å². The minimum atomic E-state index is -3.79. The van der Waals surface area contributed by atoms with Crippen molar-refractivity contribution in [3.05, 3.63) is 102 Å². The maximum Gasteiger partial charge on any atom is 0.248 e. The first kappa shape index (κ1) is 17.5. The minimum Gasteiger partial charge on any atom is -0.293 e. The van der Waals surface area contributed by atoms with E-state index in [0.717, 1.165) is 11.1 Å². The van der Waals surface area contributed by atoms with E-state index in [9.17, 15) is 13.2 Å². The minimum absolute atomic E-state index is 0.368. The molecular formula is C22H19NO3S. The molecular weight excluding hydrogens is 358 g/mol. The van der Waals surface area contributed by atoms with Gasteiger partial charge in [0, 0.05) is 5.56 Å². The van der Waals surface area contributed by atoms with E-state index in [0.29, 0.717) is 11.3 Å². The van der Waals surface area contributed by atoms with Crippen LogP contribution in [-0.4, -0.2) is 19.5 Å². The van der Waals surface area contributed by atoms with Crippen LogP contribution in [0.25, 0.3) is 0 Å². The third-order valence-corrected chi connectivity index (χ3v) is 6.98. The van der Waals surface area contributed by atoms with Crippen molar-refractivity contribution in [2.24, 2.45) is 0 Å². The molecule has 3 aromatic rings. The van der Waals surface area contributed by atoms with Crippen LogP contribution in [0.3, 0.4) is 0 Å². The molecule has 0 saturated carbocycles. The van der Waals surface area contributed by atoms with Crippen molar-refractivity contribution in [3.63, 3.8) is 0 Å². The average Bonchev–Trinajstić information content (AvgIpc) is 2.69. The Bertz CT molecular complexity index is 1060. The molecule has 0 spiro atoms. The maximum atomic E-state index is 13.1. The summed E-state index contributed by atoms with van der Waals surface area (Å²) in [5, 5.41) is -1.12. The van der Waals surface area contributed by atoms with Crippen molar-refractivity contribution in [2.45, 2.75) is 18.2 Å². The molecule has 0 radical (unpaired) electrons. The lowest BCUT2D eigenvalue weighted by molar-refractivity contribution is 0.0971. The van der Waals surface area contributed by atoms with Gasteiger partial charge in [0.25, 0.3) is 0 Å². The second-order valence-corrected chi connectivity index (χ2v) is 8.61. The van der Waals surface area contributed by atoms with Gasteiger partial charge in [0.05, 0.1) is 11.7 Å². The second-order valence-electron chi connectivity index (χ2n) is 6.68. The van der Waals surface area contributed by atoms with Gasteiger partial charge in [-0.05, 0) is 24.6 Å². The van der Waals surface area contributed by atoms with Gasteiger partial charge in [-0.1, -0.05) is 78.4 Å². The Morgan fingerprint density at radius 2 is 1.37 bits per heavy atom. The first-order valence-electron chi connectivity index (χ1n) is 8.74. The van der Waals surface area contributed by atoms with E-state index in [1.807, 2.05) is 49.4 Å². The normalized spacial score (nSPS) is 20.7. The zero-order chi connectivity index (χ0) is 19.0. The first-order valence-corrected chi connectivity index (χ1v) is 10.2. The van der Waals surface area contributed by atoms with E-state index in [1.165, 1.54) is 4.31 Å². The molecule has 1 fully saturated rings. The Labute approximate surface area is 159 Å². The molecule has 0 N–H and O–H groups in total. The Morgan fingerprint density at radius 1 is 0.815 bits per heavy atom. The van der Waals surface area contributed by atoms with Crippen molar-refractivity contribution in [1.82, 2.24) is 0 Å². The lowest BCUT2D eigenvalue weighted by Gasteiger charge is -2.47. The number of hydrogen-bond donors (Lipinski definition) is 0. The van der Waals surface area contributed by atoms with E-state index >= 15 is 0 Å². The fourth-order valence-electron chi connectivity index (χ4n) is 3.51. The smallest absolute Gasteiger partial charge is 0.248 e. The fourth-order valence-corrected chi connectivity index (χ4v) is 5.55. The van der Waals surface area contributed by atoms with Crippen LogP contribution in [0.2, 0.25) is 0 Å². The van der Waals surface area contributed by atoms with E-state index in [-0.39, 0.29) is 5.78 Å². The van der Waals surface area contributed by atoms with Crippen molar-refractivity contribution in [2.75, 3.05) is 4.31 Å². The van der Waals surface area contributed by atoms with Gasteiger partial charge in [-0.3, -0.25) is 9.10 Å². The number of aryl methyl sites for hydroxylation is 1. The maximum absolute atomic E-state index is 13.1. The van der Waals surface area contributed by atoms with Crippen molar-refractivity contribution in [3.8, 4) is 0 Å². The summed E-state index contributed by atoms with van der Waals surface area (Å²) < 4.78 is 27.6. The molecule has 1 saturated heterocycles. The number of nitrogens with zero attached hydrogens (tertiary/aromatic N) is 1. The Kier molecular flexibility index (Phi) is 4.32. The number of Topliss-reactive ketones (excluding diaryl/α,β-unsaturated/α-hetero) is 1. The molecule has 1 aliphatic heterocycles. The van der Waals surface area contributed by atoms with Gasteiger partial charge in [0.15, 0.2) is 11.0 Å². The summed E-state index contributed by atoms with van der Waals surface area (Å²) in [7, 11) is -3.79. The molecule has 1 heterocycles. The number of rotatable bonds is 4. The molecule has 5 heteroatoms. The molecule has 4 rings (SSSR count). The fraction of sp³-hybridized carbons (Fsp3) is 0.136. The lowest BCUT2D eigenvalue weighted by atomic mass is 9.96. The average molecular weight is 377 g/mol. The predicted octanol–water partition coefficient (Wildman–Crippen LogP) is 4.14. The van der Waals surface area contributed by atoms with Gasteiger partial charge in [-0.2, -0.15) is 0 Å². The highest BCUT2D eigenvalue weighted by molar-refractivity contribution is 7.95. The summed E-state index contributed by atoms with van der Waals surface area (Å²) in [4.78, 5) is 13.1. The molecule has 0 unspecified atom stereocenters. The number of carbonyl (C=O) groups excluding carboxylic acids is 1. The highest BCUT2D eigenvalue weighted by Crippen LogP contribution is 2.46. The van der Waals surface area contributed by atoms with Crippen LogP contribution in [0.5, 0.6) is 0 Å². The van der Waals surface area contributed by atoms with E-state index < -0.39 is 21.3 Å². The van der Waals surface area contributed by atoms with Gasteiger partial charge in [-0.25, -0.2) is 8.42 Å². The number of ketones is 1.